The van der Waals surface area contributed by atoms with E-state index in [-0.39, 0.29) is 12.8 Å². The Labute approximate surface area is 302 Å². The zero-order valence-electron chi connectivity index (χ0n) is 30.6. The van der Waals surface area contributed by atoms with Gasteiger partial charge in [0.1, 0.15) is 0 Å². The van der Waals surface area contributed by atoms with Crippen molar-refractivity contribution >= 4 is 10.8 Å². The molecule has 2 aliphatic heterocycles. The number of hydrogen-bond acceptors (Lipinski definition) is 12. The number of nitrogens with zero attached hydrogens (tertiary/aromatic N) is 2. The Bertz CT molecular complexity index is 2140. The maximum Gasteiger partial charge on any atom is 0.231 e. The number of likely N-dealkylation sites (N-methyl/N-ethyl adjacent to an activating group) is 1. The maximum absolute atomic E-state index is 6.77. The van der Waals surface area contributed by atoms with Gasteiger partial charge >= 0.3 is 0 Å². The lowest BCUT2D eigenvalue weighted by atomic mass is 9.88. The zero-order valence-corrected chi connectivity index (χ0v) is 30.6. The van der Waals surface area contributed by atoms with E-state index in [9.17, 15) is 0 Å². The molecule has 0 fully saturated rings. The molecule has 1 aromatic heterocycles. The van der Waals surface area contributed by atoms with Crippen LogP contribution in [0.15, 0.2) is 54.7 Å². The number of aromatic nitrogens is 1. The summed E-state index contributed by atoms with van der Waals surface area (Å²) in [7, 11) is 13.4. The SMILES string of the molecule is COc1ccc(-c2nccc3c4c(c(Oc5cc(CC6c7cc(OC)c(OC)cc7CCN6C)c(OC)c(OC)c5OC)cc23)OCO4)cc1OC. The molecule has 3 heterocycles. The molecule has 0 N–H and O–H groups in total. The number of ether oxygens (including phenoxy) is 10. The number of benzene rings is 4. The van der Waals surface area contributed by atoms with E-state index in [1.54, 1.807) is 56.0 Å². The van der Waals surface area contributed by atoms with Crippen LogP contribution in [0.25, 0.3) is 22.0 Å². The molecule has 272 valence electrons. The van der Waals surface area contributed by atoms with Gasteiger partial charge in [-0.3, -0.25) is 9.88 Å². The van der Waals surface area contributed by atoms with E-state index in [0.717, 1.165) is 40.4 Å². The average molecular weight is 711 g/mol. The molecule has 4 aromatic carbocycles. The summed E-state index contributed by atoms with van der Waals surface area (Å²) < 4.78 is 59.1. The number of methoxy groups -OCH3 is 7. The van der Waals surface area contributed by atoms with Crippen molar-refractivity contribution in [1.82, 2.24) is 9.88 Å². The molecule has 0 saturated carbocycles. The molecular formula is C40H42N2O10. The fraction of sp³-hybridized carbons (Fsp3) is 0.325. The molecule has 2 aliphatic rings. The lowest BCUT2D eigenvalue weighted by Crippen LogP contribution is -2.33. The maximum atomic E-state index is 6.77. The van der Waals surface area contributed by atoms with Crippen LogP contribution in [0.1, 0.15) is 22.7 Å². The molecule has 12 nitrogen and oxygen atoms in total. The van der Waals surface area contributed by atoms with Crippen LogP contribution in [0.5, 0.6) is 63.2 Å². The number of rotatable bonds is 12. The van der Waals surface area contributed by atoms with Gasteiger partial charge in [0.05, 0.1) is 55.5 Å². The standard InChI is InChI=1S/C40H42N2O10/c1-42-14-12-22-16-31(45-4)32(46-5)19-26(22)28(42)15-24-18-33(38(48-7)40(49-8)36(24)47-6)52-34-20-27-25(37-39(34)51-21-50-37)11-13-41-35(27)23-9-10-29(43-2)30(17-23)44-3/h9-11,13,16-20,28H,12,14-15,21H2,1-8H3. The molecule has 12 heteroatoms. The molecular weight excluding hydrogens is 668 g/mol. The highest BCUT2D eigenvalue weighted by Crippen LogP contribution is 2.54. The molecule has 0 spiro atoms. The normalized spacial score (nSPS) is 14.8. The second-order valence-corrected chi connectivity index (χ2v) is 12.4. The molecule has 1 atom stereocenters. The summed E-state index contributed by atoms with van der Waals surface area (Å²) >= 11 is 0. The lowest BCUT2D eigenvalue weighted by Gasteiger charge is -2.35. The summed E-state index contributed by atoms with van der Waals surface area (Å²) in [5, 5.41) is 1.61. The van der Waals surface area contributed by atoms with Crippen LogP contribution in [0.2, 0.25) is 0 Å². The third kappa shape index (κ3) is 5.92. The lowest BCUT2D eigenvalue weighted by molar-refractivity contribution is 0.172. The largest absolute Gasteiger partial charge is 0.493 e. The second kappa shape index (κ2) is 14.5. The van der Waals surface area contributed by atoms with Gasteiger partial charge in [0.2, 0.25) is 24.0 Å². The molecule has 1 unspecified atom stereocenters. The van der Waals surface area contributed by atoms with Crippen molar-refractivity contribution in [3.05, 3.63) is 71.4 Å². The Balaban J connectivity index is 1.36. The van der Waals surface area contributed by atoms with Gasteiger partial charge in [0.25, 0.3) is 0 Å². The van der Waals surface area contributed by atoms with Gasteiger partial charge < -0.3 is 47.4 Å². The molecule has 0 aliphatic carbocycles. The summed E-state index contributed by atoms with van der Waals surface area (Å²) in [5.74, 6) is 5.78. The van der Waals surface area contributed by atoms with Gasteiger partial charge in [0, 0.05) is 40.7 Å². The van der Waals surface area contributed by atoms with Crippen LogP contribution < -0.4 is 47.4 Å². The second-order valence-electron chi connectivity index (χ2n) is 12.4. The minimum atomic E-state index is -0.0137. The van der Waals surface area contributed by atoms with Crippen molar-refractivity contribution in [2.75, 3.05) is 70.2 Å². The van der Waals surface area contributed by atoms with Crippen molar-refractivity contribution in [3.63, 3.8) is 0 Å². The molecule has 5 aromatic rings. The quantitative estimate of drug-likeness (QED) is 0.130. The minimum absolute atomic E-state index is 0.0137. The highest BCUT2D eigenvalue weighted by molar-refractivity contribution is 6.01. The van der Waals surface area contributed by atoms with Gasteiger partial charge in [-0.1, -0.05) is 0 Å². The third-order valence-electron chi connectivity index (χ3n) is 9.75. The Morgan fingerprint density at radius 1 is 0.654 bits per heavy atom. The monoisotopic (exact) mass is 710 g/mol. The van der Waals surface area contributed by atoms with Crippen molar-refractivity contribution in [3.8, 4) is 74.5 Å². The molecule has 0 saturated heterocycles. The Hall–Kier alpha value is -5.75. The third-order valence-corrected chi connectivity index (χ3v) is 9.75. The van der Waals surface area contributed by atoms with Crippen molar-refractivity contribution < 1.29 is 47.4 Å². The van der Waals surface area contributed by atoms with Crippen LogP contribution >= 0.6 is 0 Å². The number of hydrogen-bond donors (Lipinski definition) is 0. The highest BCUT2D eigenvalue weighted by Gasteiger charge is 2.32. The van der Waals surface area contributed by atoms with E-state index in [2.05, 4.69) is 24.1 Å². The van der Waals surface area contributed by atoms with Crippen molar-refractivity contribution in [1.29, 1.82) is 0 Å². The van der Waals surface area contributed by atoms with E-state index in [1.165, 1.54) is 5.56 Å². The van der Waals surface area contributed by atoms with Crippen LogP contribution in [0.4, 0.5) is 0 Å². The molecule has 52 heavy (non-hydrogen) atoms. The van der Waals surface area contributed by atoms with Crippen LogP contribution in [-0.2, 0) is 12.8 Å². The summed E-state index contributed by atoms with van der Waals surface area (Å²) in [4.78, 5) is 7.09. The Morgan fingerprint density at radius 3 is 2.06 bits per heavy atom. The van der Waals surface area contributed by atoms with Gasteiger partial charge in [-0.05, 0) is 79.5 Å². The zero-order chi connectivity index (χ0) is 36.5. The summed E-state index contributed by atoms with van der Waals surface area (Å²) in [6.07, 6.45) is 3.20. The van der Waals surface area contributed by atoms with Gasteiger partial charge in [-0.15, -0.1) is 0 Å². The summed E-state index contributed by atoms with van der Waals surface area (Å²) in [6, 6.07) is 15.5. The Morgan fingerprint density at radius 2 is 1.35 bits per heavy atom. The summed E-state index contributed by atoms with van der Waals surface area (Å²) in [5.41, 5.74) is 4.74. The molecule has 0 radical (unpaired) electrons. The molecule has 0 amide bonds. The van der Waals surface area contributed by atoms with E-state index in [1.807, 2.05) is 36.4 Å². The first-order valence-corrected chi connectivity index (χ1v) is 16.8. The fourth-order valence-corrected chi connectivity index (χ4v) is 7.19. The van der Waals surface area contributed by atoms with Crippen molar-refractivity contribution in [2.24, 2.45) is 0 Å². The average Bonchev–Trinajstić information content (AvgIpc) is 3.68. The number of fused-ring (bicyclic) bond motifs is 4. The van der Waals surface area contributed by atoms with Crippen LogP contribution in [-0.4, -0.2) is 80.0 Å². The van der Waals surface area contributed by atoms with Gasteiger partial charge in [-0.25, -0.2) is 0 Å². The molecule has 7 rings (SSSR count). The molecule has 0 bridgehead atoms. The van der Waals surface area contributed by atoms with Gasteiger partial charge in [-0.2, -0.15) is 0 Å². The topological polar surface area (TPSA) is 108 Å². The fourth-order valence-electron chi connectivity index (χ4n) is 7.19. The number of pyridine rings is 1. The van der Waals surface area contributed by atoms with Gasteiger partial charge in [0.15, 0.2) is 46.0 Å². The van der Waals surface area contributed by atoms with E-state index in [0.29, 0.717) is 75.4 Å². The predicted octanol–water partition coefficient (Wildman–Crippen LogP) is 7.25. The van der Waals surface area contributed by atoms with Crippen molar-refractivity contribution in [2.45, 2.75) is 18.9 Å². The predicted molar refractivity (Wildman–Crippen MR) is 195 cm³/mol. The van der Waals surface area contributed by atoms with Crippen LogP contribution in [0, 0.1) is 0 Å². The smallest absolute Gasteiger partial charge is 0.231 e. The highest BCUT2D eigenvalue weighted by atomic mass is 16.7. The van der Waals surface area contributed by atoms with E-state index in [4.69, 9.17) is 52.4 Å². The first-order valence-electron chi connectivity index (χ1n) is 16.8. The van der Waals surface area contributed by atoms with E-state index >= 15 is 0 Å². The minimum Gasteiger partial charge on any atom is -0.493 e. The van der Waals surface area contributed by atoms with Crippen LogP contribution in [0.3, 0.4) is 0 Å². The first-order chi connectivity index (χ1) is 25.4. The Kier molecular flexibility index (Phi) is 9.65. The first kappa shape index (κ1) is 34.7. The summed E-state index contributed by atoms with van der Waals surface area (Å²) in [6.45, 7) is 0.901. The van der Waals surface area contributed by atoms with E-state index < -0.39 is 0 Å².